The highest BCUT2D eigenvalue weighted by atomic mass is 35.5. The summed E-state index contributed by atoms with van der Waals surface area (Å²) in [4.78, 5) is 0. The topological polar surface area (TPSA) is 49.7 Å². The van der Waals surface area contributed by atoms with E-state index in [2.05, 4.69) is 6.92 Å². The molecule has 0 bridgehead atoms. The summed E-state index contributed by atoms with van der Waals surface area (Å²) in [5, 5.41) is 20.1. The minimum Gasteiger partial charge on any atom is -0.493 e. The third-order valence-corrected chi connectivity index (χ3v) is 4.38. The molecule has 0 aliphatic heterocycles. The lowest BCUT2D eigenvalue weighted by molar-refractivity contribution is 0.0225. The van der Waals surface area contributed by atoms with Gasteiger partial charge in [-0.2, -0.15) is 0 Å². The third kappa shape index (κ3) is 4.60. The van der Waals surface area contributed by atoms with E-state index in [1.165, 1.54) is 0 Å². The second-order valence-corrected chi connectivity index (χ2v) is 6.22. The quantitative estimate of drug-likeness (QED) is 0.800. The molecular formula is C17H27ClO3. The number of hydrogen-bond donors (Lipinski definition) is 2. The Balaban J connectivity index is 3.15. The maximum atomic E-state index is 9.92. The Bertz CT molecular complexity index is 472. The second-order valence-electron chi connectivity index (χ2n) is 5.84. The summed E-state index contributed by atoms with van der Waals surface area (Å²) in [5.74, 6) is 0.890. The van der Waals surface area contributed by atoms with Gasteiger partial charge in [-0.25, -0.2) is 0 Å². The van der Waals surface area contributed by atoms with Crippen LogP contribution in [0.25, 0.3) is 0 Å². The van der Waals surface area contributed by atoms with Gasteiger partial charge >= 0.3 is 0 Å². The molecule has 3 atom stereocenters. The molecule has 0 amide bonds. The summed E-state index contributed by atoms with van der Waals surface area (Å²) >= 11 is 6.36. The van der Waals surface area contributed by atoms with Crippen molar-refractivity contribution in [2.24, 2.45) is 0 Å². The van der Waals surface area contributed by atoms with Gasteiger partial charge in [0.15, 0.2) is 0 Å². The first kappa shape index (κ1) is 18.3. The molecule has 0 aliphatic carbocycles. The fourth-order valence-corrected chi connectivity index (χ4v) is 2.71. The lowest BCUT2D eigenvalue weighted by Crippen LogP contribution is -2.24. The van der Waals surface area contributed by atoms with Crippen LogP contribution < -0.4 is 4.74 Å². The molecular weight excluding hydrogens is 288 g/mol. The van der Waals surface area contributed by atoms with Crippen molar-refractivity contribution in [3.05, 3.63) is 27.8 Å². The Morgan fingerprint density at radius 1 is 1.24 bits per heavy atom. The van der Waals surface area contributed by atoms with Gasteiger partial charge in [0.2, 0.25) is 0 Å². The van der Waals surface area contributed by atoms with Crippen LogP contribution in [-0.4, -0.2) is 29.0 Å². The average molecular weight is 315 g/mol. The smallest absolute Gasteiger partial charge is 0.123 e. The molecule has 21 heavy (non-hydrogen) atoms. The lowest BCUT2D eigenvalue weighted by atomic mass is 9.88. The van der Waals surface area contributed by atoms with Gasteiger partial charge in [-0.3, -0.25) is 0 Å². The van der Waals surface area contributed by atoms with Gasteiger partial charge in [0.25, 0.3) is 0 Å². The van der Waals surface area contributed by atoms with Crippen LogP contribution in [0, 0.1) is 13.8 Å². The van der Waals surface area contributed by atoms with Crippen molar-refractivity contribution in [3.63, 3.8) is 0 Å². The van der Waals surface area contributed by atoms with E-state index in [-0.39, 0.29) is 5.92 Å². The van der Waals surface area contributed by atoms with Crippen LogP contribution in [0.4, 0.5) is 0 Å². The van der Waals surface area contributed by atoms with Gasteiger partial charge in [-0.15, -0.1) is 0 Å². The van der Waals surface area contributed by atoms with Crippen molar-refractivity contribution in [1.82, 2.24) is 0 Å². The van der Waals surface area contributed by atoms with Crippen molar-refractivity contribution >= 4 is 11.6 Å². The molecule has 0 spiro atoms. The molecule has 0 saturated heterocycles. The molecule has 4 heteroatoms. The number of aliphatic hydroxyl groups excluding tert-OH is 2. The fourth-order valence-electron chi connectivity index (χ4n) is 2.56. The van der Waals surface area contributed by atoms with E-state index in [1.54, 1.807) is 6.92 Å². The SMILES string of the molecule is CCCOc1cc(C)c(Cl)c(C)c1C(C)CC(O)C(C)O. The van der Waals surface area contributed by atoms with E-state index < -0.39 is 12.2 Å². The van der Waals surface area contributed by atoms with Crippen LogP contribution in [-0.2, 0) is 0 Å². The Hall–Kier alpha value is -0.770. The minimum absolute atomic E-state index is 0.0551. The fraction of sp³-hybridized carbons (Fsp3) is 0.647. The number of aryl methyl sites for hydroxylation is 1. The molecule has 0 aliphatic rings. The molecule has 3 unspecified atom stereocenters. The predicted octanol–water partition coefficient (Wildman–Crippen LogP) is 3.98. The molecule has 120 valence electrons. The molecule has 1 rings (SSSR count). The van der Waals surface area contributed by atoms with E-state index in [0.29, 0.717) is 13.0 Å². The minimum atomic E-state index is -0.751. The Labute approximate surface area is 132 Å². The van der Waals surface area contributed by atoms with E-state index >= 15 is 0 Å². The summed E-state index contributed by atoms with van der Waals surface area (Å²) in [6.07, 6.45) is -0.0854. The van der Waals surface area contributed by atoms with E-state index in [1.807, 2.05) is 26.8 Å². The zero-order valence-corrected chi connectivity index (χ0v) is 14.4. The maximum Gasteiger partial charge on any atom is 0.123 e. The molecule has 0 aromatic heterocycles. The Morgan fingerprint density at radius 3 is 2.38 bits per heavy atom. The van der Waals surface area contributed by atoms with Gasteiger partial charge < -0.3 is 14.9 Å². The highest BCUT2D eigenvalue weighted by molar-refractivity contribution is 6.32. The number of benzene rings is 1. The summed E-state index contributed by atoms with van der Waals surface area (Å²) < 4.78 is 5.86. The molecule has 0 heterocycles. The Morgan fingerprint density at radius 2 is 1.86 bits per heavy atom. The molecule has 1 aromatic rings. The highest BCUT2D eigenvalue weighted by Gasteiger charge is 2.22. The number of hydrogen-bond acceptors (Lipinski definition) is 3. The van der Waals surface area contributed by atoms with Crippen LogP contribution in [0.5, 0.6) is 5.75 Å². The molecule has 0 fully saturated rings. The maximum absolute atomic E-state index is 9.92. The number of halogens is 1. The van der Waals surface area contributed by atoms with Crippen molar-refractivity contribution in [2.45, 2.75) is 65.6 Å². The molecule has 2 N–H and O–H groups in total. The van der Waals surface area contributed by atoms with Crippen molar-refractivity contribution in [2.75, 3.05) is 6.61 Å². The summed E-state index contributed by atoms with van der Waals surface area (Å²) in [6, 6.07) is 1.96. The van der Waals surface area contributed by atoms with Gasteiger partial charge in [0.05, 0.1) is 18.8 Å². The molecule has 0 radical (unpaired) electrons. The van der Waals surface area contributed by atoms with E-state index in [0.717, 1.165) is 33.9 Å². The molecule has 1 aromatic carbocycles. The highest BCUT2D eigenvalue weighted by Crippen LogP contribution is 2.38. The van der Waals surface area contributed by atoms with Crippen molar-refractivity contribution < 1.29 is 14.9 Å². The van der Waals surface area contributed by atoms with Crippen LogP contribution in [0.1, 0.15) is 56.2 Å². The predicted molar refractivity (Wildman–Crippen MR) is 87.4 cm³/mol. The van der Waals surface area contributed by atoms with Gasteiger partial charge in [-0.05, 0) is 56.7 Å². The molecule has 3 nitrogen and oxygen atoms in total. The normalized spacial score (nSPS) is 15.6. The van der Waals surface area contributed by atoms with E-state index in [4.69, 9.17) is 16.3 Å². The Kier molecular flexibility index (Phi) is 6.98. The lowest BCUT2D eigenvalue weighted by Gasteiger charge is -2.24. The van der Waals surface area contributed by atoms with Crippen LogP contribution >= 0.6 is 11.6 Å². The summed E-state index contributed by atoms with van der Waals surface area (Å²) in [7, 11) is 0. The largest absolute Gasteiger partial charge is 0.493 e. The van der Waals surface area contributed by atoms with E-state index in [9.17, 15) is 10.2 Å². The first-order valence-electron chi connectivity index (χ1n) is 7.58. The first-order chi connectivity index (χ1) is 9.79. The second kappa shape index (κ2) is 8.02. The van der Waals surface area contributed by atoms with Crippen LogP contribution in [0.2, 0.25) is 5.02 Å². The van der Waals surface area contributed by atoms with Crippen LogP contribution in [0.15, 0.2) is 6.07 Å². The zero-order valence-electron chi connectivity index (χ0n) is 13.6. The summed E-state index contributed by atoms with van der Waals surface area (Å²) in [6.45, 7) is 10.3. The van der Waals surface area contributed by atoms with Crippen LogP contribution in [0.3, 0.4) is 0 Å². The molecule has 0 saturated carbocycles. The zero-order chi connectivity index (χ0) is 16.2. The first-order valence-corrected chi connectivity index (χ1v) is 7.95. The average Bonchev–Trinajstić information content (AvgIpc) is 2.42. The monoisotopic (exact) mass is 314 g/mol. The number of ether oxygens (including phenoxy) is 1. The summed E-state index contributed by atoms with van der Waals surface area (Å²) in [5.41, 5.74) is 3.01. The number of rotatable bonds is 7. The van der Waals surface area contributed by atoms with Gasteiger partial charge in [0, 0.05) is 10.6 Å². The number of aliphatic hydroxyl groups is 2. The standard InChI is InChI=1S/C17H27ClO3/c1-6-7-21-15-9-11(3)17(18)12(4)16(15)10(2)8-14(20)13(5)19/h9-10,13-14,19-20H,6-8H2,1-5H3. The van der Waals surface area contributed by atoms with Crippen molar-refractivity contribution in [1.29, 1.82) is 0 Å². The van der Waals surface area contributed by atoms with Gasteiger partial charge in [-0.1, -0.05) is 25.4 Å². The third-order valence-electron chi connectivity index (χ3n) is 3.80. The van der Waals surface area contributed by atoms with Gasteiger partial charge in [0.1, 0.15) is 5.75 Å². The van der Waals surface area contributed by atoms with Crippen molar-refractivity contribution in [3.8, 4) is 5.75 Å².